The number of aryl methyl sites for hydroxylation is 2. The summed E-state index contributed by atoms with van der Waals surface area (Å²) in [6, 6.07) is 9.26. The van der Waals surface area contributed by atoms with E-state index in [0.29, 0.717) is 17.0 Å². The number of hydrogen-bond donors (Lipinski definition) is 1. The molecule has 0 fully saturated rings. The maximum Gasteiger partial charge on any atom is 0.299 e. The van der Waals surface area contributed by atoms with Gasteiger partial charge in [-0.25, -0.2) is 9.37 Å². The third-order valence-corrected chi connectivity index (χ3v) is 4.40. The Labute approximate surface area is 163 Å². The average Bonchev–Trinajstić information content (AvgIpc) is 3.33. The van der Waals surface area contributed by atoms with Crippen LogP contribution in [0.15, 0.2) is 56.5 Å². The van der Waals surface area contributed by atoms with Crippen molar-refractivity contribution in [3.63, 3.8) is 0 Å². The van der Waals surface area contributed by atoms with Gasteiger partial charge in [-0.1, -0.05) is 5.16 Å². The van der Waals surface area contributed by atoms with E-state index in [0.717, 1.165) is 5.76 Å². The van der Waals surface area contributed by atoms with Crippen molar-refractivity contribution in [1.29, 1.82) is 0 Å². The summed E-state index contributed by atoms with van der Waals surface area (Å²) in [5.41, 5.74) is 0.775. The number of furan rings is 1. The Morgan fingerprint density at radius 3 is 2.72 bits per heavy atom. The molecule has 0 saturated heterocycles. The van der Waals surface area contributed by atoms with Crippen LogP contribution in [0.5, 0.6) is 0 Å². The van der Waals surface area contributed by atoms with E-state index in [9.17, 15) is 14.0 Å². The Kier molecular flexibility index (Phi) is 4.94. The fourth-order valence-electron chi connectivity index (χ4n) is 2.89. The monoisotopic (exact) mass is 396 g/mol. The molecule has 3 heterocycles. The molecule has 1 aromatic carbocycles. The van der Waals surface area contributed by atoms with Gasteiger partial charge in [0.1, 0.15) is 28.5 Å². The summed E-state index contributed by atoms with van der Waals surface area (Å²) in [6.45, 7) is 2.24. The largest absolute Gasteiger partial charge is 0.465 e. The van der Waals surface area contributed by atoms with Crippen molar-refractivity contribution in [2.24, 2.45) is 0 Å². The molecule has 0 atom stereocenters. The summed E-state index contributed by atoms with van der Waals surface area (Å²) in [4.78, 5) is 28.9. The number of fused-ring (bicyclic) bond motifs is 1. The zero-order valence-corrected chi connectivity index (χ0v) is 15.5. The summed E-state index contributed by atoms with van der Waals surface area (Å²) < 4.78 is 25.0. The quantitative estimate of drug-likeness (QED) is 0.538. The van der Waals surface area contributed by atoms with Gasteiger partial charge in [0.25, 0.3) is 11.1 Å². The van der Waals surface area contributed by atoms with Crippen molar-refractivity contribution in [2.75, 3.05) is 0 Å². The molecule has 0 aliphatic heterocycles. The van der Waals surface area contributed by atoms with Crippen LogP contribution in [-0.4, -0.2) is 20.6 Å². The van der Waals surface area contributed by atoms with E-state index in [1.54, 1.807) is 6.07 Å². The molecule has 29 heavy (non-hydrogen) atoms. The van der Waals surface area contributed by atoms with Crippen LogP contribution in [0.3, 0.4) is 0 Å². The van der Waals surface area contributed by atoms with Crippen LogP contribution in [0, 0.1) is 12.7 Å². The van der Waals surface area contributed by atoms with E-state index in [4.69, 9.17) is 8.94 Å². The summed E-state index contributed by atoms with van der Waals surface area (Å²) >= 11 is 0. The Morgan fingerprint density at radius 2 is 2.00 bits per heavy atom. The van der Waals surface area contributed by atoms with Gasteiger partial charge < -0.3 is 14.3 Å². The summed E-state index contributed by atoms with van der Waals surface area (Å²) in [5.74, 6) is 0.825. The molecular weight excluding hydrogens is 379 g/mol. The van der Waals surface area contributed by atoms with Crippen molar-refractivity contribution in [3.8, 4) is 11.3 Å². The Hall–Kier alpha value is -3.75. The van der Waals surface area contributed by atoms with Gasteiger partial charge in [-0.2, -0.15) is 0 Å². The van der Waals surface area contributed by atoms with Gasteiger partial charge in [0.05, 0.1) is 12.9 Å². The molecule has 0 unspecified atom stereocenters. The topological polar surface area (TPSA) is 103 Å². The summed E-state index contributed by atoms with van der Waals surface area (Å²) in [7, 11) is 0. The van der Waals surface area contributed by atoms with E-state index >= 15 is 0 Å². The van der Waals surface area contributed by atoms with Crippen LogP contribution in [0.25, 0.3) is 22.4 Å². The van der Waals surface area contributed by atoms with Crippen molar-refractivity contribution in [3.05, 3.63) is 70.4 Å². The minimum absolute atomic E-state index is 0.0155. The fraction of sp³-hybridized carbons (Fsp3) is 0.200. The summed E-state index contributed by atoms with van der Waals surface area (Å²) in [5, 5.41) is 6.63. The van der Waals surface area contributed by atoms with Crippen molar-refractivity contribution < 1.29 is 18.1 Å². The van der Waals surface area contributed by atoms with Gasteiger partial charge in [-0.05, 0) is 43.3 Å². The maximum atomic E-state index is 13.1. The van der Waals surface area contributed by atoms with Crippen molar-refractivity contribution in [1.82, 2.24) is 20.0 Å². The smallest absolute Gasteiger partial charge is 0.299 e. The average molecular weight is 396 g/mol. The third kappa shape index (κ3) is 3.93. The van der Waals surface area contributed by atoms with Crippen LogP contribution >= 0.6 is 0 Å². The lowest BCUT2D eigenvalue weighted by atomic mass is 10.1. The number of benzene rings is 1. The Balaban J connectivity index is 1.46. The first-order chi connectivity index (χ1) is 14.0. The lowest BCUT2D eigenvalue weighted by Gasteiger charge is -2.05. The van der Waals surface area contributed by atoms with Crippen molar-refractivity contribution in [2.45, 2.75) is 26.4 Å². The van der Waals surface area contributed by atoms with Crippen LogP contribution in [0.4, 0.5) is 4.39 Å². The van der Waals surface area contributed by atoms with Crippen LogP contribution in [0.1, 0.15) is 17.9 Å². The van der Waals surface area contributed by atoms with Gasteiger partial charge >= 0.3 is 0 Å². The van der Waals surface area contributed by atoms with E-state index < -0.39 is 5.56 Å². The second-order valence-electron chi connectivity index (χ2n) is 6.50. The fourth-order valence-corrected chi connectivity index (χ4v) is 2.89. The Bertz CT molecular complexity index is 1220. The normalized spacial score (nSPS) is 11.1. The first kappa shape index (κ1) is 18.6. The second-order valence-corrected chi connectivity index (χ2v) is 6.50. The molecule has 0 bridgehead atoms. The molecule has 0 aliphatic rings. The van der Waals surface area contributed by atoms with Gasteiger partial charge in [-0.3, -0.25) is 14.2 Å². The highest BCUT2D eigenvalue weighted by Gasteiger charge is 2.17. The van der Waals surface area contributed by atoms with Gasteiger partial charge in [0.15, 0.2) is 0 Å². The number of nitrogens with zero attached hydrogens (tertiary/aromatic N) is 3. The molecule has 0 radical (unpaired) electrons. The zero-order valence-electron chi connectivity index (χ0n) is 15.5. The minimum atomic E-state index is -0.440. The highest BCUT2D eigenvalue weighted by Crippen LogP contribution is 2.24. The maximum absolute atomic E-state index is 13.1. The molecule has 1 amide bonds. The number of amides is 1. The Morgan fingerprint density at radius 1 is 1.21 bits per heavy atom. The van der Waals surface area contributed by atoms with Crippen LogP contribution < -0.4 is 10.9 Å². The molecular formula is C20H17FN4O4. The predicted octanol–water partition coefficient (Wildman–Crippen LogP) is 2.80. The van der Waals surface area contributed by atoms with Crippen molar-refractivity contribution >= 4 is 17.0 Å². The number of halogens is 1. The van der Waals surface area contributed by atoms with E-state index in [-0.39, 0.29) is 42.3 Å². The molecule has 3 aromatic heterocycles. The van der Waals surface area contributed by atoms with E-state index in [2.05, 4.69) is 15.5 Å². The molecule has 9 heteroatoms. The molecule has 4 rings (SSSR count). The minimum Gasteiger partial charge on any atom is -0.465 e. The number of aromatic nitrogens is 3. The zero-order chi connectivity index (χ0) is 20.4. The molecule has 148 valence electrons. The lowest BCUT2D eigenvalue weighted by molar-refractivity contribution is -0.121. The van der Waals surface area contributed by atoms with Crippen LogP contribution in [0.2, 0.25) is 0 Å². The van der Waals surface area contributed by atoms with Crippen LogP contribution in [-0.2, 0) is 17.9 Å². The lowest BCUT2D eigenvalue weighted by Crippen LogP contribution is -2.27. The number of nitrogens with one attached hydrogen (secondary N) is 1. The number of rotatable bonds is 6. The van der Waals surface area contributed by atoms with Gasteiger partial charge in [0, 0.05) is 18.5 Å². The molecule has 4 aromatic rings. The standard InChI is InChI=1S/C20H17FN4O4/c1-12-2-7-15(28-12)10-22-16(26)8-9-25-11-23-18-17(24-29-19(18)20(25)27)13-3-5-14(21)6-4-13/h2-7,11H,8-10H2,1H3,(H,22,26). The predicted molar refractivity (Wildman–Crippen MR) is 101 cm³/mol. The first-order valence-electron chi connectivity index (χ1n) is 8.94. The van der Waals surface area contributed by atoms with E-state index in [1.165, 1.54) is 35.2 Å². The highest BCUT2D eigenvalue weighted by molar-refractivity contribution is 5.87. The van der Waals surface area contributed by atoms with E-state index in [1.807, 2.05) is 13.0 Å². The number of hydrogen-bond acceptors (Lipinski definition) is 6. The first-order valence-corrected chi connectivity index (χ1v) is 8.94. The second kappa shape index (κ2) is 7.70. The molecule has 8 nitrogen and oxygen atoms in total. The number of carbonyl (C=O) groups excluding carboxylic acids is 1. The molecule has 0 spiro atoms. The molecule has 1 N–H and O–H groups in total. The summed E-state index contributed by atoms with van der Waals surface area (Å²) in [6.07, 6.45) is 1.43. The highest BCUT2D eigenvalue weighted by atomic mass is 19.1. The van der Waals surface area contributed by atoms with Gasteiger partial charge in [-0.15, -0.1) is 0 Å². The molecule has 0 saturated carbocycles. The SMILES string of the molecule is Cc1ccc(CNC(=O)CCn2cnc3c(-c4ccc(F)cc4)noc3c2=O)o1. The molecule has 0 aliphatic carbocycles. The van der Waals surface area contributed by atoms with Gasteiger partial charge in [0.2, 0.25) is 5.91 Å². The third-order valence-electron chi connectivity index (χ3n) is 4.40. The number of carbonyl (C=O) groups is 1.